The Morgan fingerprint density at radius 3 is 2.43 bits per heavy atom. The third kappa shape index (κ3) is 2.56. The van der Waals surface area contributed by atoms with Crippen molar-refractivity contribution in [3.05, 3.63) is 70.8 Å². The largest absolute Gasteiger partial charge is 0.416 e. The molecule has 1 nitrogen and oxygen atoms in total. The number of benzene rings is 2. The van der Waals surface area contributed by atoms with E-state index >= 15 is 0 Å². The molecule has 0 saturated heterocycles. The van der Waals surface area contributed by atoms with Crippen LogP contribution in [0.25, 0.3) is 0 Å². The summed E-state index contributed by atoms with van der Waals surface area (Å²) in [6.45, 7) is 0. The van der Waals surface area contributed by atoms with Gasteiger partial charge in [-0.05, 0) is 35.6 Å². The Bertz CT molecular complexity index is 648. The van der Waals surface area contributed by atoms with Gasteiger partial charge in [0.1, 0.15) is 0 Å². The fourth-order valence-electron chi connectivity index (χ4n) is 3.15. The first-order valence-corrected chi connectivity index (χ1v) is 6.90. The molecule has 1 aliphatic rings. The lowest BCUT2D eigenvalue weighted by molar-refractivity contribution is -0.139. The molecule has 0 aromatic heterocycles. The van der Waals surface area contributed by atoms with E-state index in [4.69, 9.17) is 0 Å². The van der Waals surface area contributed by atoms with Gasteiger partial charge in [0.05, 0.1) is 11.7 Å². The lowest BCUT2D eigenvalue weighted by Gasteiger charge is -2.23. The van der Waals surface area contributed by atoms with Gasteiger partial charge in [0.15, 0.2) is 0 Å². The number of hydrogen-bond donors (Lipinski definition) is 1. The van der Waals surface area contributed by atoms with Crippen LogP contribution in [0.5, 0.6) is 0 Å². The number of hydrogen-bond acceptors (Lipinski definition) is 1. The Kier molecular flexibility index (Phi) is 3.49. The van der Waals surface area contributed by atoms with Crippen LogP contribution in [0.1, 0.15) is 40.7 Å². The number of fused-ring (bicyclic) bond motifs is 1. The Labute approximate surface area is 121 Å². The second-order valence-corrected chi connectivity index (χ2v) is 5.37. The van der Waals surface area contributed by atoms with Crippen LogP contribution in [-0.2, 0) is 12.6 Å². The molecule has 1 aliphatic carbocycles. The highest BCUT2D eigenvalue weighted by Gasteiger charge is 2.38. The summed E-state index contributed by atoms with van der Waals surface area (Å²) in [5.41, 5.74) is 1.29. The van der Waals surface area contributed by atoms with E-state index in [0.29, 0.717) is 6.42 Å². The van der Waals surface area contributed by atoms with Crippen molar-refractivity contribution in [1.82, 2.24) is 0 Å². The first-order chi connectivity index (χ1) is 9.98. The first kappa shape index (κ1) is 14.1. The minimum Gasteiger partial charge on any atom is -0.388 e. The molecule has 0 bridgehead atoms. The molecule has 4 heteroatoms. The van der Waals surface area contributed by atoms with Crippen molar-refractivity contribution in [2.75, 3.05) is 0 Å². The van der Waals surface area contributed by atoms with Crippen LogP contribution in [0.3, 0.4) is 0 Å². The fourth-order valence-corrected chi connectivity index (χ4v) is 3.15. The zero-order chi connectivity index (χ0) is 15.0. The molecule has 3 rings (SSSR count). The lowest BCUT2D eigenvalue weighted by Crippen LogP contribution is -2.15. The molecular formula is C17H15F3O. The van der Waals surface area contributed by atoms with E-state index in [2.05, 4.69) is 0 Å². The van der Waals surface area contributed by atoms with Crippen molar-refractivity contribution in [2.45, 2.75) is 31.0 Å². The molecule has 0 heterocycles. The summed E-state index contributed by atoms with van der Waals surface area (Å²) in [5.74, 6) is -0.273. The van der Waals surface area contributed by atoms with E-state index < -0.39 is 17.8 Å². The molecular weight excluding hydrogens is 277 g/mol. The molecule has 110 valence electrons. The van der Waals surface area contributed by atoms with Gasteiger partial charge in [-0.1, -0.05) is 42.5 Å². The summed E-state index contributed by atoms with van der Waals surface area (Å²) in [4.78, 5) is 0. The third-order valence-electron chi connectivity index (χ3n) is 4.15. The van der Waals surface area contributed by atoms with E-state index in [1.807, 2.05) is 24.3 Å². The van der Waals surface area contributed by atoms with Crippen molar-refractivity contribution in [3.63, 3.8) is 0 Å². The predicted octanol–water partition coefficient (Wildman–Crippen LogP) is 4.47. The van der Waals surface area contributed by atoms with Crippen LogP contribution in [0, 0.1) is 0 Å². The highest BCUT2D eigenvalue weighted by molar-refractivity contribution is 5.40. The van der Waals surface area contributed by atoms with Gasteiger partial charge in [-0.2, -0.15) is 13.2 Å². The van der Waals surface area contributed by atoms with Gasteiger partial charge >= 0.3 is 6.18 Å². The quantitative estimate of drug-likeness (QED) is 0.866. The zero-order valence-electron chi connectivity index (χ0n) is 11.3. The van der Waals surface area contributed by atoms with Gasteiger partial charge in [0.25, 0.3) is 0 Å². The average Bonchev–Trinajstić information content (AvgIpc) is 2.89. The maximum atomic E-state index is 13.1. The molecule has 21 heavy (non-hydrogen) atoms. The normalized spacial score (nSPS) is 19.3. The summed E-state index contributed by atoms with van der Waals surface area (Å²) >= 11 is 0. The minimum atomic E-state index is -4.45. The summed E-state index contributed by atoms with van der Waals surface area (Å²) in [6, 6.07) is 12.9. The summed E-state index contributed by atoms with van der Waals surface area (Å²) in [7, 11) is 0. The van der Waals surface area contributed by atoms with Gasteiger partial charge in [0, 0.05) is 5.92 Å². The van der Waals surface area contributed by atoms with E-state index in [9.17, 15) is 18.3 Å². The Morgan fingerprint density at radius 2 is 1.67 bits per heavy atom. The number of halogens is 3. The second kappa shape index (κ2) is 5.19. The molecule has 0 amide bonds. The topological polar surface area (TPSA) is 20.2 Å². The molecule has 0 saturated carbocycles. The van der Waals surface area contributed by atoms with Crippen LogP contribution in [0.2, 0.25) is 0 Å². The number of aliphatic hydroxyl groups excluding tert-OH is 1. The minimum absolute atomic E-state index is 0.0355. The van der Waals surface area contributed by atoms with E-state index in [1.54, 1.807) is 0 Å². The summed E-state index contributed by atoms with van der Waals surface area (Å²) in [6.07, 6.45) is -4.11. The third-order valence-corrected chi connectivity index (χ3v) is 4.15. The zero-order valence-corrected chi connectivity index (χ0v) is 11.3. The van der Waals surface area contributed by atoms with Gasteiger partial charge in [-0.3, -0.25) is 0 Å². The van der Waals surface area contributed by atoms with Crippen molar-refractivity contribution < 1.29 is 18.3 Å². The molecule has 2 aromatic rings. The average molecular weight is 292 g/mol. The van der Waals surface area contributed by atoms with Gasteiger partial charge in [0.2, 0.25) is 0 Å². The van der Waals surface area contributed by atoms with E-state index in [1.165, 1.54) is 18.2 Å². The predicted molar refractivity (Wildman–Crippen MR) is 73.9 cm³/mol. The van der Waals surface area contributed by atoms with Crippen molar-refractivity contribution in [2.24, 2.45) is 0 Å². The Hall–Kier alpha value is -1.81. The highest BCUT2D eigenvalue weighted by atomic mass is 19.4. The van der Waals surface area contributed by atoms with Gasteiger partial charge in [-0.25, -0.2) is 0 Å². The van der Waals surface area contributed by atoms with Gasteiger partial charge in [-0.15, -0.1) is 0 Å². The lowest BCUT2D eigenvalue weighted by atomic mass is 9.88. The highest BCUT2D eigenvalue weighted by Crippen LogP contribution is 2.44. The first-order valence-electron chi connectivity index (χ1n) is 6.90. The van der Waals surface area contributed by atoms with Crippen molar-refractivity contribution >= 4 is 0 Å². The molecule has 2 aromatic carbocycles. The molecule has 0 spiro atoms. The Balaban J connectivity index is 2.00. The Morgan fingerprint density at radius 1 is 1.00 bits per heavy atom. The van der Waals surface area contributed by atoms with E-state index in [-0.39, 0.29) is 11.5 Å². The molecule has 0 radical (unpaired) electrons. The van der Waals surface area contributed by atoms with Crippen LogP contribution < -0.4 is 0 Å². The smallest absolute Gasteiger partial charge is 0.388 e. The van der Waals surface area contributed by atoms with Crippen LogP contribution in [-0.4, -0.2) is 5.11 Å². The molecule has 0 fully saturated rings. The number of alkyl halides is 3. The SMILES string of the molecule is OC(c1ccccc1C(F)(F)F)C1CCc2ccccc21. The summed E-state index contributed by atoms with van der Waals surface area (Å²) < 4.78 is 39.2. The maximum Gasteiger partial charge on any atom is 0.416 e. The standard InChI is InChI=1S/C17H15F3O/c18-17(19,20)15-8-4-3-7-14(15)16(21)13-10-9-11-5-1-2-6-12(11)13/h1-8,13,16,21H,9-10H2. The number of rotatable bonds is 2. The molecule has 1 N–H and O–H groups in total. The number of aryl methyl sites for hydroxylation is 1. The fraction of sp³-hybridized carbons (Fsp3) is 0.294. The molecule has 0 aliphatic heterocycles. The number of aliphatic hydroxyl groups is 1. The second-order valence-electron chi connectivity index (χ2n) is 5.37. The van der Waals surface area contributed by atoms with E-state index in [0.717, 1.165) is 23.6 Å². The monoisotopic (exact) mass is 292 g/mol. The van der Waals surface area contributed by atoms with Crippen molar-refractivity contribution in [1.29, 1.82) is 0 Å². The maximum absolute atomic E-state index is 13.1. The van der Waals surface area contributed by atoms with Crippen LogP contribution in [0.4, 0.5) is 13.2 Å². The molecule has 2 unspecified atom stereocenters. The molecule has 2 atom stereocenters. The van der Waals surface area contributed by atoms with Crippen LogP contribution >= 0.6 is 0 Å². The summed E-state index contributed by atoms with van der Waals surface area (Å²) in [5, 5.41) is 10.5. The van der Waals surface area contributed by atoms with Crippen LogP contribution in [0.15, 0.2) is 48.5 Å². The van der Waals surface area contributed by atoms with Gasteiger partial charge < -0.3 is 5.11 Å². The van der Waals surface area contributed by atoms with Crippen molar-refractivity contribution in [3.8, 4) is 0 Å².